The Labute approximate surface area is 260 Å². The average Bonchev–Trinajstić information content (AvgIpc) is 2.96. The van der Waals surface area contributed by atoms with E-state index in [1.54, 1.807) is 26.0 Å². The van der Waals surface area contributed by atoms with E-state index >= 15 is 0 Å². The third-order valence-electron chi connectivity index (χ3n) is 6.40. The van der Waals surface area contributed by atoms with Crippen molar-refractivity contribution in [1.29, 1.82) is 0 Å². The zero-order valence-electron chi connectivity index (χ0n) is 25.6. The summed E-state index contributed by atoms with van der Waals surface area (Å²) in [6, 6.07) is 0. The molecule has 0 bridgehead atoms. The Balaban J connectivity index is 0.000000610. The van der Waals surface area contributed by atoms with Crippen LogP contribution in [-0.4, -0.2) is 73.2 Å². The first kappa shape index (κ1) is 39.1. The zero-order chi connectivity index (χ0) is 32.2. The largest absolute Gasteiger partial charge is 0.393 e. The lowest BCUT2D eigenvalue weighted by Crippen LogP contribution is -2.36. The molecule has 7 N–H and O–H groups in total. The predicted molar refractivity (Wildman–Crippen MR) is 174 cm³/mol. The number of rotatable bonds is 9. The number of hydrogen-bond donors (Lipinski definition) is 4. The van der Waals surface area contributed by atoms with Crippen molar-refractivity contribution in [1.82, 2.24) is 15.1 Å². The van der Waals surface area contributed by atoms with Gasteiger partial charge in [-0.05, 0) is 72.3 Å². The van der Waals surface area contributed by atoms with Crippen molar-refractivity contribution in [3.05, 3.63) is 58.2 Å². The summed E-state index contributed by atoms with van der Waals surface area (Å²) >= 11 is 10.6. The lowest BCUT2D eigenvalue weighted by atomic mass is 9.86. The van der Waals surface area contributed by atoms with Crippen LogP contribution in [0.4, 0.5) is 4.39 Å². The molecule has 0 aromatic rings. The molecule has 0 saturated heterocycles. The summed E-state index contributed by atoms with van der Waals surface area (Å²) in [5, 5.41) is 2.95. The van der Waals surface area contributed by atoms with E-state index in [0.717, 1.165) is 38.0 Å². The number of amides is 2. The molecule has 1 aliphatic heterocycles. The first-order chi connectivity index (χ1) is 19.7. The Morgan fingerprint density at radius 1 is 1.17 bits per heavy atom. The van der Waals surface area contributed by atoms with Gasteiger partial charge in [-0.15, -0.1) is 0 Å². The highest BCUT2D eigenvalue weighted by molar-refractivity contribution is 7.82. The maximum absolute atomic E-state index is 12.7. The molecule has 1 saturated carbocycles. The van der Waals surface area contributed by atoms with E-state index < -0.39 is 11.8 Å². The van der Waals surface area contributed by atoms with Crippen molar-refractivity contribution in [2.24, 2.45) is 23.1 Å². The highest BCUT2D eigenvalue weighted by Gasteiger charge is 2.20. The molecule has 0 atom stereocenters. The second-order valence-electron chi connectivity index (χ2n) is 10.4. The minimum atomic E-state index is -0.766. The third-order valence-corrected chi connectivity index (χ3v) is 7.21. The van der Waals surface area contributed by atoms with Gasteiger partial charge in [-0.25, -0.2) is 4.39 Å². The first-order valence-corrected chi connectivity index (χ1v) is 14.7. The Morgan fingerprint density at radius 3 is 2.26 bits per heavy atom. The molecule has 0 radical (unpaired) electrons. The van der Waals surface area contributed by atoms with Gasteiger partial charge in [0.05, 0.1) is 11.6 Å². The van der Waals surface area contributed by atoms with Crippen molar-refractivity contribution in [2.45, 2.75) is 58.8 Å². The second kappa shape index (κ2) is 21.8. The molecule has 2 aliphatic rings. The number of thiocarbonyl (C=S) groups is 1. The highest BCUT2D eigenvalue weighted by Crippen LogP contribution is 2.24. The van der Waals surface area contributed by atoms with Gasteiger partial charge in [0.1, 0.15) is 17.3 Å². The van der Waals surface area contributed by atoms with E-state index in [1.807, 2.05) is 32.1 Å². The topological polar surface area (TPSA) is 148 Å². The van der Waals surface area contributed by atoms with Crippen molar-refractivity contribution in [3.63, 3.8) is 0 Å². The number of nitrogens with one attached hydrogen (secondary N) is 1. The summed E-state index contributed by atoms with van der Waals surface area (Å²) in [4.78, 5) is 37.2. The second-order valence-corrected chi connectivity index (χ2v) is 11.2. The van der Waals surface area contributed by atoms with Gasteiger partial charge in [0.2, 0.25) is 0 Å². The zero-order valence-corrected chi connectivity index (χ0v) is 27.1. The fourth-order valence-corrected chi connectivity index (χ4v) is 4.19. The molecule has 2 amide bonds. The Morgan fingerprint density at radius 2 is 1.79 bits per heavy atom. The van der Waals surface area contributed by atoms with Crippen LogP contribution in [0, 0.1) is 5.92 Å². The number of nitrogens with two attached hydrogens (primary N) is 3. The molecule has 2 rings (SSSR count). The van der Waals surface area contributed by atoms with Gasteiger partial charge in [0.25, 0.3) is 11.8 Å². The number of halogens is 2. The van der Waals surface area contributed by atoms with E-state index in [9.17, 15) is 18.8 Å². The van der Waals surface area contributed by atoms with E-state index in [0.29, 0.717) is 30.2 Å². The summed E-state index contributed by atoms with van der Waals surface area (Å²) < 4.78 is 12.7. The van der Waals surface area contributed by atoms with Gasteiger partial charge in [-0.1, -0.05) is 67.4 Å². The molecular formula is C30H48ClFN6O3S. The lowest BCUT2D eigenvalue weighted by molar-refractivity contribution is -0.124. The van der Waals surface area contributed by atoms with Gasteiger partial charge in [-0.3, -0.25) is 14.4 Å². The van der Waals surface area contributed by atoms with Crippen LogP contribution in [0.3, 0.4) is 0 Å². The van der Waals surface area contributed by atoms with Crippen LogP contribution in [0.25, 0.3) is 0 Å². The summed E-state index contributed by atoms with van der Waals surface area (Å²) in [6.45, 7) is 5.78. The highest BCUT2D eigenvalue weighted by atomic mass is 35.5. The van der Waals surface area contributed by atoms with E-state index in [4.69, 9.17) is 41.0 Å². The number of Topliss-reactive ketones (excluding diaryl/α,β-unsaturated/α-hetero) is 1. The van der Waals surface area contributed by atoms with Crippen molar-refractivity contribution >= 4 is 46.4 Å². The quantitative estimate of drug-likeness (QED) is 0.171. The van der Waals surface area contributed by atoms with Crippen molar-refractivity contribution in [2.75, 3.05) is 40.8 Å². The van der Waals surface area contributed by atoms with E-state index in [-0.39, 0.29) is 21.5 Å². The molecule has 9 nitrogen and oxygen atoms in total. The maximum Gasteiger partial charge on any atom is 0.276 e. The number of carbonyl (C=O) groups excluding carboxylic acids is 3. The molecule has 42 heavy (non-hydrogen) atoms. The molecule has 0 spiro atoms. The van der Waals surface area contributed by atoms with Crippen molar-refractivity contribution < 1.29 is 18.8 Å². The Kier molecular flexibility index (Phi) is 20.3. The summed E-state index contributed by atoms with van der Waals surface area (Å²) in [7, 11) is 5.96. The van der Waals surface area contributed by atoms with Gasteiger partial charge in [-0.2, -0.15) is 0 Å². The van der Waals surface area contributed by atoms with Crippen LogP contribution in [0.5, 0.6) is 0 Å². The molecule has 1 aliphatic carbocycles. The minimum absolute atomic E-state index is 0.0933. The summed E-state index contributed by atoms with van der Waals surface area (Å²) in [5.74, 6) is -0.830. The molecule has 0 aromatic carbocycles. The fourth-order valence-electron chi connectivity index (χ4n) is 3.89. The molecule has 236 valence electrons. The molecule has 0 unspecified atom stereocenters. The molecule has 1 fully saturated rings. The van der Waals surface area contributed by atoms with Crippen molar-refractivity contribution in [3.8, 4) is 0 Å². The first-order valence-electron chi connectivity index (χ1n) is 14.0. The standard InChI is InChI=1S/C12H16ClFN2O.C10H19NO.C8H13N3OS/c1-3-9(14)7-5-4-6-8(2)10(13)11(15)12(16)17;1-11(2)8-10(12)9-6-4-3-5-7-9;1-11-4-2-6(3-5-11)10-8(13)7(9)12/h3,5-7H,4,15H2,1-2H3,(H2,16,17);9H,3-8H2,1-2H3;2H,3-5H2,1H3,(H2,9,12)(H,10,13)/b7-5?,8-6+,9-3+,11-10+;;. The van der Waals surface area contributed by atoms with E-state index in [2.05, 4.69) is 10.2 Å². The number of carbonyl (C=O) groups is 3. The number of primary amides is 2. The summed E-state index contributed by atoms with van der Waals surface area (Å²) in [5.41, 5.74) is 16.8. The summed E-state index contributed by atoms with van der Waals surface area (Å²) in [6.07, 6.45) is 15.5. The molecule has 1 heterocycles. The monoisotopic (exact) mass is 626 g/mol. The SMILES string of the molecule is C/C=C(/F)C=CC/C=C(C)/C(Cl)=C(\N)C(N)=O.CN(C)CC(=O)C1CCCCC1.CN1CC=C(NC(=S)C(N)=O)CC1. The lowest BCUT2D eigenvalue weighted by Gasteiger charge is -2.22. The number of ketones is 1. The van der Waals surface area contributed by atoms with Gasteiger partial charge < -0.3 is 32.3 Å². The number of likely N-dealkylation sites (N-methyl/N-ethyl adjacent to an activating group) is 2. The minimum Gasteiger partial charge on any atom is -0.393 e. The molecular weight excluding hydrogens is 579 g/mol. The van der Waals surface area contributed by atoms with Gasteiger partial charge in [0, 0.05) is 24.7 Å². The number of allylic oxidation sites excluding steroid dienone is 7. The predicted octanol–water partition coefficient (Wildman–Crippen LogP) is 3.95. The van der Waals surface area contributed by atoms with Crippen LogP contribution < -0.4 is 22.5 Å². The van der Waals surface area contributed by atoms with Crippen LogP contribution in [0.2, 0.25) is 0 Å². The van der Waals surface area contributed by atoms with Gasteiger partial charge >= 0.3 is 0 Å². The van der Waals surface area contributed by atoms with E-state index in [1.165, 1.54) is 31.4 Å². The normalized spacial score (nSPS) is 17.3. The van der Waals surface area contributed by atoms with Crippen LogP contribution in [0.1, 0.15) is 58.8 Å². The Bertz CT molecular complexity index is 1080. The average molecular weight is 627 g/mol. The van der Waals surface area contributed by atoms with Crippen LogP contribution in [0.15, 0.2) is 58.2 Å². The number of nitrogens with zero attached hydrogens (tertiary/aromatic N) is 2. The fraction of sp³-hybridized carbons (Fsp3) is 0.533. The molecule has 0 aromatic heterocycles. The maximum atomic E-state index is 12.7. The molecule has 12 heteroatoms. The smallest absolute Gasteiger partial charge is 0.276 e. The van der Waals surface area contributed by atoms with Gasteiger partial charge in [0.15, 0.2) is 4.99 Å². The van der Waals surface area contributed by atoms with Crippen LogP contribution >= 0.6 is 23.8 Å². The third kappa shape index (κ3) is 17.8. The van der Waals surface area contributed by atoms with Crippen LogP contribution in [-0.2, 0) is 14.4 Å². The Hall–Kier alpha value is -2.86. The number of hydrogen-bond acceptors (Lipinski definition) is 7.